The quantitative estimate of drug-likeness (QED) is 0.745. The Morgan fingerprint density at radius 2 is 1.88 bits per heavy atom. The molecule has 0 fully saturated rings. The average Bonchev–Trinajstić information content (AvgIpc) is 2.40. The molecule has 0 aliphatic carbocycles. The van der Waals surface area contributed by atoms with Crippen LogP contribution in [0.4, 0.5) is 0 Å². The first-order valence-corrected chi connectivity index (χ1v) is 6.84. The predicted molar refractivity (Wildman–Crippen MR) is 75.7 cm³/mol. The molecule has 2 rings (SSSR count). The summed E-state index contributed by atoms with van der Waals surface area (Å²) in [6.07, 6.45) is 0. The monoisotopic (exact) mass is 290 g/mol. The van der Waals surface area contributed by atoms with Crippen molar-refractivity contribution in [1.82, 2.24) is 0 Å². The maximum Gasteiger partial charge on any atom is 0.127 e. The molecular formula is C15H15BrO. The van der Waals surface area contributed by atoms with Crippen LogP contribution in [-0.4, -0.2) is 6.61 Å². The highest BCUT2D eigenvalue weighted by Crippen LogP contribution is 2.30. The molecule has 0 radical (unpaired) electrons. The first kappa shape index (κ1) is 12.2. The van der Waals surface area contributed by atoms with Gasteiger partial charge in [-0.15, -0.1) is 0 Å². The fraction of sp³-hybridized carbons (Fsp3) is 0.200. The molecule has 0 aliphatic heterocycles. The molecule has 2 aromatic carbocycles. The minimum atomic E-state index is 0.690. The number of rotatable bonds is 4. The topological polar surface area (TPSA) is 9.23 Å². The Morgan fingerprint density at radius 3 is 2.65 bits per heavy atom. The van der Waals surface area contributed by atoms with Crippen molar-refractivity contribution in [2.24, 2.45) is 0 Å². The van der Waals surface area contributed by atoms with E-state index in [1.165, 1.54) is 11.1 Å². The van der Waals surface area contributed by atoms with Gasteiger partial charge < -0.3 is 4.74 Å². The van der Waals surface area contributed by atoms with E-state index >= 15 is 0 Å². The largest absolute Gasteiger partial charge is 0.493 e. The molecule has 0 spiro atoms. The maximum atomic E-state index is 5.65. The maximum absolute atomic E-state index is 5.65. The van der Waals surface area contributed by atoms with Crippen molar-refractivity contribution < 1.29 is 4.74 Å². The summed E-state index contributed by atoms with van der Waals surface area (Å²) in [5, 5.41) is 0.873. The Balaban J connectivity index is 2.44. The second-order valence-corrected chi connectivity index (χ2v) is 4.32. The summed E-state index contributed by atoms with van der Waals surface area (Å²) in [7, 11) is 0. The number of halogens is 1. The SMILES string of the molecule is CCOc1ccccc1-c1cccc(CBr)c1. The smallest absolute Gasteiger partial charge is 0.127 e. The van der Waals surface area contributed by atoms with E-state index in [4.69, 9.17) is 4.74 Å². The highest BCUT2D eigenvalue weighted by molar-refractivity contribution is 9.08. The van der Waals surface area contributed by atoms with Gasteiger partial charge in [0.1, 0.15) is 5.75 Å². The van der Waals surface area contributed by atoms with Crippen LogP contribution in [0.3, 0.4) is 0 Å². The Kier molecular flexibility index (Phi) is 4.21. The molecule has 2 heteroatoms. The van der Waals surface area contributed by atoms with E-state index in [-0.39, 0.29) is 0 Å². The number of hydrogen-bond acceptors (Lipinski definition) is 1. The van der Waals surface area contributed by atoms with E-state index in [0.717, 1.165) is 16.6 Å². The van der Waals surface area contributed by atoms with Gasteiger partial charge in [0.05, 0.1) is 6.61 Å². The van der Waals surface area contributed by atoms with Gasteiger partial charge in [-0.25, -0.2) is 0 Å². The molecule has 0 heterocycles. The van der Waals surface area contributed by atoms with Crippen molar-refractivity contribution >= 4 is 15.9 Å². The normalized spacial score (nSPS) is 10.2. The van der Waals surface area contributed by atoms with Crippen LogP contribution in [0.25, 0.3) is 11.1 Å². The molecule has 0 unspecified atom stereocenters. The van der Waals surface area contributed by atoms with Crippen molar-refractivity contribution in [3.8, 4) is 16.9 Å². The van der Waals surface area contributed by atoms with Crippen molar-refractivity contribution in [2.45, 2.75) is 12.3 Å². The fourth-order valence-corrected chi connectivity index (χ4v) is 2.16. The molecule has 0 N–H and O–H groups in total. The summed E-state index contributed by atoms with van der Waals surface area (Å²) in [5.74, 6) is 0.946. The zero-order valence-electron chi connectivity index (χ0n) is 9.82. The van der Waals surface area contributed by atoms with E-state index in [2.05, 4.69) is 46.3 Å². The van der Waals surface area contributed by atoms with E-state index in [1.54, 1.807) is 0 Å². The molecule has 0 aromatic heterocycles. The summed E-state index contributed by atoms with van der Waals surface area (Å²) < 4.78 is 5.65. The third kappa shape index (κ3) is 2.89. The first-order valence-electron chi connectivity index (χ1n) is 5.72. The molecule has 0 saturated heterocycles. The zero-order chi connectivity index (χ0) is 12.1. The van der Waals surface area contributed by atoms with Crippen LogP contribution in [0.1, 0.15) is 12.5 Å². The Bertz CT molecular complexity index is 494. The predicted octanol–water partition coefficient (Wildman–Crippen LogP) is 4.65. The van der Waals surface area contributed by atoms with E-state index in [9.17, 15) is 0 Å². The molecule has 0 amide bonds. The summed E-state index contributed by atoms with van der Waals surface area (Å²) >= 11 is 3.48. The van der Waals surface area contributed by atoms with Crippen LogP contribution in [0, 0.1) is 0 Å². The third-order valence-electron chi connectivity index (χ3n) is 2.58. The van der Waals surface area contributed by atoms with Gasteiger partial charge in [0.15, 0.2) is 0 Å². The van der Waals surface area contributed by atoms with Crippen molar-refractivity contribution in [2.75, 3.05) is 6.61 Å². The van der Waals surface area contributed by atoms with Crippen LogP contribution < -0.4 is 4.74 Å². The summed E-state index contributed by atoms with van der Waals surface area (Å²) in [5.41, 5.74) is 3.62. The van der Waals surface area contributed by atoms with Crippen molar-refractivity contribution in [1.29, 1.82) is 0 Å². The van der Waals surface area contributed by atoms with Crippen LogP contribution in [0.15, 0.2) is 48.5 Å². The molecule has 88 valence electrons. The summed E-state index contributed by atoms with van der Waals surface area (Å²) in [4.78, 5) is 0. The minimum Gasteiger partial charge on any atom is -0.493 e. The van der Waals surface area contributed by atoms with Crippen molar-refractivity contribution in [3.63, 3.8) is 0 Å². The number of benzene rings is 2. The molecule has 17 heavy (non-hydrogen) atoms. The second-order valence-electron chi connectivity index (χ2n) is 3.76. The number of alkyl halides is 1. The van der Waals surface area contributed by atoms with Crippen LogP contribution in [0.2, 0.25) is 0 Å². The highest BCUT2D eigenvalue weighted by atomic mass is 79.9. The van der Waals surface area contributed by atoms with Gasteiger partial charge >= 0.3 is 0 Å². The first-order chi connectivity index (χ1) is 8.35. The van der Waals surface area contributed by atoms with Crippen molar-refractivity contribution in [3.05, 3.63) is 54.1 Å². The summed E-state index contributed by atoms with van der Waals surface area (Å²) in [6, 6.07) is 16.6. The Labute approximate surface area is 111 Å². The minimum absolute atomic E-state index is 0.690. The second kappa shape index (κ2) is 5.87. The lowest BCUT2D eigenvalue weighted by Crippen LogP contribution is -1.93. The molecular weight excluding hydrogens is 276 g/mol. The Morgan fingerprint density at radius 1 is 1.06 bits per heavy atom. The molecule has 0 atom stereocenters. The average molecular weight is 291 g/mol. The number of para-hydroxylation sites is 1. The molecule has 0 bridgehead atoms. The lowest BCUT2D eigenvalue weighted by molar-refractivity contribution is 0.341. The summed E-state index contributed by atoms with van der Waals surface area (Å²) in [6.45, 7) is 2.70. The molecule has 2 aromatic rings. The van der Waals surface area contributed by atoms with Gasteiger partial charge in [0.25, 0.3) is 0 Å². The fourth-order valence-electron chi connectivity index (χ4n) is 1.81. The highest BCUT2D eigenvalue weighted by Gasteiger charge is 2.05. The van der Waals surface area contributed by atoms with Gasteiger partial charge in [-0.05, 0) is 24.1 Å². The van der Waals surface area contributed by atoms with Crippen LogP contribution in [0.5, 0.6) is 5.75 Å². The van der Waals surface area contributed by atoms with Gasteiger partial charge in [0, 0.05) is 10.9 Å². The molecule has 1 nitrogen and oxygen atoms in total. The van der Waals surface area contributed by atoms with E-state index < -0.39 is 0 Å². The van der Waals surface area contributed by atoms with Gasteiger partial charge in [0.2, 0.25) is 0 Å². The third-order valence-corrected chi connectivity index (χ3v) is 3.23. The van der Waals surface area contributed by atoms with Crippen LogP contribution >= 0.6 is 15.9 Å². The van der Waals surface area contributed by atoms with Gasteiger partial charge in [-0.3, -0.25) is 0 Å². The Hall–Kier alpha value is -1.28. The van der Waals surface area contributed by atoms with Gasteiger partial charge in [-0.1, -0.05) is 58.4 Å². The number of ether oxygens (including phenoxy) is 1. The van der Waals surface area contributed by atoms with Crippen LogP contribution in [-0.2, 0) is 5.33 Å². The standard InChI is InChI=1S/C15H15BrO/c1-2-17-15-9-4-3-8-14(15)13-7-5-6-12(10-13)11-16/h3-10H,2,11H2,1H3. The van der Waals surface area contributed by atoms with E-state index in [1.807, 2.05) is 25.1 Å². The van der Waals surface area contributed by atoms with Gasteiger partial charge in [-0.2, -0.15) is 0 Å². The van der Waals surface area contributed by atoms with E-state index in [0.29, 0.717) is 6.61 Å². The molecule has 0 saturated carbocycles. The molecule has 0 aliphatic rings. The lowest BCUT2D eigenvalue weighted by atomic mass is 10.0. The zero-order valence-corrected chi connectivity index (χ0v) is 11.4. The lowest BCUT2D eigenvalue weighted by Gasteiger charge is -2.10. The number of hydrogen-bond donors (Lipinski definition) is 0.